The number of aryl methyl sites for hydroxylation is 1. The van der Waals surface area contributed by atoms with Crippen molar-refractivity contribution in [2.24, 2.45) is 5.73 Å². The Morgan fingerprint density at radius 1 is 1.44 bits per heavy atom. The number of hydrogen-bond donors (Lipinski definition) is 2. The number of fused-ring (bicyclic) bond motifs is 1. The van der Waals surface area contributed by atoms with Gasteiger partial charge in [0.25, 0.3) is 0 Å². The van der Waals surface area contributed by atoms with Gasteiger partial charge in [0, 0.05) is 12.0 Å². The van der Waals surface area contributed by atoms with E-state index in [2.05, 4.69) is 35.1 Å². The number of hydrogen-bond acceptors (Lipinski definition) is 2. The highest BCUT2D eigenvalue weighted by Crippen LogP contribution is 2.32. The van der Waals surface area contributed by atoms with Crippen LogP contribution in [0.3, 0.4) is 0 Å². The van der Waals surface area contributed by atoms with E-state index in [1.54, 1.807) is 0 Å². The molecule has 3 nitrogen and oxygen atoms in total. The normalized spacial score (nSPS) is 18.6. The molecule has 3 heteroatoms. The molecule has 0 aliphatic heterocycles. The summed E-state index contributed by atoms with van der Waals surface area (Å²) in [5, 5.41) is 0. The number of nitrogens with one attached hydrogen (secondary N) is 1. The van der Waals surface area contributed by atoms with Crippen molar-refractivity contribution < 1.29 is 0 Å². The van der Waals surface area contributed by atoms with Gasteiger partial charge in [0.05, 0.1) is 11.0 Å². The highest BCUT2D eigenvalue weighted by atomic mass is 14.9. The number of para-hydroxylation sites is 1. The second-order valence-corrected chi connectivity index (χ2v) is 5.05. The van der Waals surface area contributed by atoms with E-state index in [1.165, 1.54) is 12.0 Å². The Balaban J connectivity index is 1.96. The van der Waals surface area contributed by atoms with Gasteiger partial charge in [0.1, 0.15) is 5.82 Å². The smallest absolute Gasteiger partial charge is 0.109 e. The third-order valence-corrected chi connectivity index (χ3v) is 3.63. The average molecular weight is 215 g/mol. The number of benzene rings is 1. The zero-order chi connectivity index (χ0) is 11.2. The van der Waals surface area contributed by atoms with E-state index in [0.717, 1.165) is 36.1 Å². The second-order valence-electron chi connectivity index (χ2n) is 5.05. The minimum Gasteiger partial charge on any atom is -0.342 e. The maximum atomic E-state index is 6.23. The van der Waals surface area contributed by atoms with Crippen LogP contribution >= 0.6 is 0 Å². The number of aromatic amines is 1. The van der Waals surface area contributed by atoms with Gasteiger partial charge in [-0.05, 0) is 37.8 Å². The summed E-state index contributed by atoms with van der Waals surface area (Å²) in [7, 11) is 0. The van der Waals surface area contributed by atoms with Crippen LogP contribution in [0.15, 0.2) is 18.2 Å². The van der Waals surface area contributed by atoms with E-state index >= 15 is 0 Å². The fraction of sp³-hybridized carbons (Fsp3) is 0.462. The molecule has 84 valence electrons. The molecule has 0 unspecified atom stereocenters. The quantitative estimate of drug-likeness (QED) is 0.807. The van der Waals surface area contributed by atoms with Gasteiger partial charge in [0.2, 0.25) is 0 Å². The van der Waals surface area contributed by atoms with Crippen LogP contribution in [0.25, 0.3) is 11.0 Å². The van der Waals surface area contributed by atoms with E-state index in [0.29, 0.717) is 0 Å². The van der Waals surface area contributed by atoms with E-state index in [1.807, 2.05) is 0 Å². The molecule has 0 bridgehead atoms. The molecule has 2 aromatic rings. The van der Waals surface area contributed by atoms with Gasteiger partial charge in [0.15, 0.2) is 0 Å². The number of imidazole rings is 1. The van der Waals surface area contributed by atoms with Gasteiger partial charge >= 0.3 is 0 Å². The monoisotopic (exact) mass is 215 g/mol. The van der Waals surface area contributed by atoms with Gasteiger partial charge in [-0.1, -0.05) is 12.1 Å². The first-order valence-electron chi connectivity index (χ1n) is 5.89. The van der Waals surface area contributed by atoms with Gasteiger partial charge in [-0.2, -0.15) is 0 Å². The lowest BCUT2D eigenvalue weighted by atomic mass is 9.75. The van der Waals surface area contributed by atoms with Crippen molar-refractivity contribution in [1.82, 2.24) is 9.97 Å². The van der Waals surface area contributed by atoms with Crippen molar-refractivity contribution in [3.05, 3.63) is 29.6 Å². The summed E-state index contributed by atoms with van der Waals surface area (Å²) in [6.45, 7) is 2.09. The third-order valence-electron chi connectivity index (χ3n) is 3.63. The summed E-state index contributed by atoms with van der Waals surface area (Å²) in [6.07, 6.45) is 4.39. The lowest BCUT2D eigenvalue weighted by Crippen LogP contribution is -2.48. The van der Waals surface area contributed by atoms with Gasteiger partial charge < -0.3 is 10.7 Å². The summed E-state index contributed by atoms with van der Waals surface area (Å²) < 4.78 is 0. The maximum Gasteiger partial charge on any atom is 0.109 e. The summed E-state index contributed by atoms with van der Waals surface area (Å²) in [4.78, 5) is 8.01. The van der Waals surface area contributed by atoms with Crippen LogP contribution in [0, 0.1) is 6.92 Å². The van der Waals surface area contributed by atoms with Crippen LogP contribution in [0.5, 0.6) is 0 Å². The van der Waals surface area contributed by atoms with Crippen LogP contribution in [0.2, 0.25) is 0 Å². The van der Waals surface area contributed by atoms with Crippen LogP contribution in [0.4, 0.5) is 0 Å². The Labute approximate surface area is 95.1 Å². The first kappa shape index (κ1) is 9.85. The molecule has 0 atom stereocenters. The number of rotatable bonds is 2. The van der Waals surface area contributed by atoms with Crippen molar-refractivity contribution in [3.8, 4) is 0 Å². The number of nitrogens with zero attached hydrogens (tertiary/aromatic N) is 1. The Morgan fingerprint density at radius 2 is 2.25 bits per heavy atom. The van der Waals surface area contributed by atoms with Gasteiger partial charge in [-0.25, -0.2) is 4.98 Å². The van der Waals surface area contributed by atoms with Gasteiger partial charge in [-0.3, -0.25) is 0 Å². The van der Waals surface area contributed by atoms with Crippen LogP contribution in [-0.4, -0.2) is 15.5 Å². The zero-order valence-corrected chi connectivity index (χ0v) is 9.59. The molecule has 1 saturated carbocycles. The fourth-order valence-corrected chi connectivity index (χ4v) is 2.45. The largest absolute Gasteiger partial charge is 0.342 e. The predicted octanol–water partition coefficient (Wildman–Crippen LogP) is 2.30. The molecule has 1 aromatic heterocycles. The molecule has 0 amide bonds. The van der Waals surface area contributed by atoms with Crippen LogP contribution in [-0.2, 0) is 6.42 Å². The highest BCUT2D eigenvalue weighted by molar-refractivity contribution is 5.78. The molecule has 16 heavy (non-hydrogen) atoms. The molecule has 3 N–H and O–H groups in total. The molecule has 1 aliphatic rings. The van der Waals surface area contributed by atoms with Crippen LogP contribution < -0.4 is 5.73 Å². The SMILES string of the molecule is Cc1cccc2[nH]c(CC3(N)CCC3)nc12. The molecular weight excluding hydrogens is 198 g/mol. The predicted molar refractivity (Wildman–Crippen MR) is 65.3 cm³/mol. The zero-order valence-electron chi connectivity index (χ0n) is 9.59. The van der Waals surface area contributed by atoms with Gasteiger partial charge in [-0.15, -0.1) is 0 Å². The summed E-state index contributed by atoms with van der Waals surface area (Å²) >= 11 is 0. The van der Waals surface area contributed by atoms with Crippen molar-refractivity contribution in [1.29, 1.82) is 0 Å². The lowest BCUT2D eigenvalue weighted by Gasteiger charge is -2.37. The molecule has 1 heterocycles. The number of H-pyrrole nitrogens is 1. The Morgan fingerprint density at radius 3 is 2.88 bits per heavy atom. The number of nitrogens with two attached hydrogens (primary N) is 1. The van der Waals surface area contributed by atoms with E-state index in [9.17, 15) is 0 Å². The summed E-state index contributed by atoms with van der Waals surface area (Å²) in [5.74, 6) is 1.03. The maximum absolute atomic E-state index is 6.23. The van der Waals surface area contributed by atoms with Crippen molar-refractivity contribution in [2.75, 3.05) is 0 Å². The number of aromatic nitrogens is 2. The Kier molecular flexibility index (Phi) is 2.04. The summed E-state index contributed by atoms with van der Waals surface area (Å²) in [5.41, 5.74) is 9.67. The highest BCUT2D eigenvalue weighted by Gasteiger charge is 2.33. The average Bonchev–Trinajstić information content (AvgIpc) is 2.59. The molecule has 0 radical (unpaired) electrons. The molecule has 1 fully saturated rings. The molecule has 3 rings (SSSR count). The molecule has 0 spiro atoms. The third kappa shape index (κ3) is 1.52. The molecule has 0 saturated heterocycles. The van der Waals surface area contributed by atoms with Crippen molar-refractivity contribution in [3.63, 3.8) is 0 Å². The summed E-state index contributed by atoms with van der Waals surface area (Å²) in [6, 6.07) is 6.22. The molecule has 1 aromatic carbocycles. The fourth-order valence-electron chi connectivity index (χ4n) is 2.45. The van der Waals surface area contributed by atoms with E-state index < -0.39 is 0 Å². The van der Waals surface area contributed by atoms with E-state index in [4.69, 9.17) is 5.73 Å². The minimum atomic E-state index is 0.00177. The van der Waals surface area contributed by atoms with Crippen LogP contribution in [0.1, 0.15) is 30.7 Å². The Hall–Kier alpha value is -1.35. The first-order chi connectivity index (χ1) is 7.66. The molecular formula is C13H17N3. The lowest BCUT2D eigenvalue weighted by molar-refractivity contribution is 0.244. The topological polar surface area (TPSA) is 54.7 Å². The second kappa shape index (κ2) is 3.32. The van der Waals surface area contributed by atoms with E-state index in [-0.39, 0.29) is 5.54 Å². The standard InChI is InChI=1S/C13H17N3/c1-9-4-2-5-10-12(9)16-11(15-10)8-13(14)6-3-7-13/h2,4-5H,3,6-8,14H2,1H3,(H,15,16). The van der Waals surface area contributed by atoms with Crippen molar-refractivity contribution in [2.45, 2.75) is 38.1 Å². The Bertz CT molecular complexity index is 523. The minimum absolute atomic E-state index is 0.00177. The first-order valence-corrected chi connectivity index (χ1v) is 5.89. The molecule has 1 aliphatic carbocycles. The van der Waals surface area contributed by atoms with Crippen molar-refractivity contribution >= 4 is 11.0 Å².